The van der Waals surface area contributed by atoms with Crippen LogP contribution in [0.5, 0.6) is 11.5 Å². The first-order chi connectivity index (χ1) is 11.7. The summed E-state index contributed by atoms with van der Waals surface area (Å²) in [7, 11) is 3.22. The molecule has 0 aliphatic rings. The van der Waals surface area contributed by atoms with Crippen molar-refractivity contribution >= 4 is 5.91 Å². The normalized spacial score (nSPS) is 9.71. The zero-order chi connectivity index (χ0) is 18.2. The van der Waals surface area contributed by atoms with E-state index in [1.165, 1.54) is 25.7 Å². The molecule has 0 aliphatic carbocycles. The fraction of sp³-hybridized carbons (Fsp3) is 0.650. The number of benzene rings is 1. The summed E-state index contributed by atoms with van der Waals surface area (Å²) in [5.41, 5.74) is 1.01. The van der Waals surface area contributed by atoms with Crippen molar-refractivity contribution in [2.75, 3.05) is 14.2 Å². The molecule has 0 aliphatic heterocycles. The Labute approximate surface area is 147 Å². The van der Waals surface area contributed by atoms with Crippen molar-refractivity contribution in [2.45, 2.75) is 72.3 Å². The summed E-state index contributed by atoms with van der Waals surface area (Å²) in [6, 6.07) is 5.68. The lowest BCUT2D eigenvalue weighted by atomic mass is 10.1. The molecule has 1 N–H and O–H groups in total. The predicted octanol–water partition coefficient (Wildman–Crippen LogP) is 5.10. The minimum Gasteiger partial charge on any atom is -0.493 e. The number of methoxy groups -OCH3 is 2. The van der Waals surface area contributed by atoms with Gasteiger partial charge in [0.1, 0.15) is 0 Å². The van der Waals surface area contributed by atoms with Crippen LogP contribution in [0.4, 0.5) is 0 Å². The minimum absolute atomic E-state index is 0.116. The highest BCUT2D eigenvalue weighted by atomic mass is 16.5. The third-order valence-electron chi connectivity index (χ3n) is 3.70. The first-order valence-corrected chi connectivity index (χ1v) is 9.18. The lowest BCUT2D eigenvalue weighted by Crippen LogP contribution is -2.22. The van der Waals surface area contributed by atoms with Gasteiger partial charge in [-0.1, -0.05) is 58.9 Å². The number of carbonyl (C=O) groups excluding carboxylic acids is 1. The summed E-state index contributed by atoms with van der Waals surface area (Å²) in [6.45, 7) is 6.73. The van der Waals surface area contributed by atoms with Crippen molar-refractivity contribution in [3.63, 3.8) is 0 Å². The molecule has 0 spiro atoms. The monoisotopic (exact) mass is 337 g/mol. The summed E-state index contributed by atoms with van der Waals surface area (Å²) in [6.07, 6.45) is 7.79. The van der Waals surface area contributed by atoms with Gasteiger partial charge in [-0.3, -0.25) is 4.79 Å². The van der Waals surface area contributed by atoms with Crippen LogP contribution in [-0.4, -0.2) is 20.1 Å². The van der Waals surface area contributed by atoms with Crippen molar-refractivity contribution in [3.05, 3.63) is 23.8 Å². The quantitative estimate of drug-likeness (QED) is 0.572. The summed E-state index contributed by atoms with van der Waals surface area (Å²) in [4.78, 5) is 11.8. The van der Waals surface area contributed by atoms with Crippen LogP contribution in [-0.2, 0) is 11.3 Å². The van der Waals surface area contributed by atoms with Gasteiger partial charge >= 0.3 is 0 Å². The van der Waals surface area contributed by atoms with E-state index in [4.69, 9.17) is 9.47 Å². The Kier molecular flexibility index (Phi) is 13.8. The van der Waals surface area contributed by atoms with Crippen LogP contribution in [0.25, 0.3) is 0 Å². The molecule has 0 fully saturated rings. The second kappa shape index (κ2) is 14.9. The smallest absolute Gasteiger partial charge is 0.220 e. The van der Waals surface area contributed by atoms with Gasteiger partial charge in [0.05, 0.1) is 14.2 Å². The molecule has 1 aromatic rings. The number of unbranched alkanes of at least 4 members (excludes halogenated alkanes) is 5. The zero-order valence-electron chi connectivity index (χ0n) is 16.1. The molecule has 24 heavy (non-hydrogen) atoms. The van der Waals surface area contributed by atoms with Crippen molar-refractivity contribution in [1.82, 2.24) is 5.32 Å². The molecule has 0 atom stereocenters. The summed E-state index contributed by atoms with van der Waals surface area (Å²) < 4.78 is 10.5. The van der Waals surface area contributed by atoms with E-state index in [2.05, 4.69) is 12.2 Å². The van der Waals surface area contributed by atoms with Gasteiger partial charge in [0.25, 0.3) is 0 Å². The molecular weight excluding hydrogens is 302 g/mol. The third kappa shape index (κ3) is 9.43. The minimum atomic E-state index is 0.116. The molecule has 1 amide bonds. The maximum atomic E-state index is 11.8. The summed E-state index contributed by atoms with van der Waals surface area (Å²) >= 11 is 0. The number of nitrogens with one attached hydrogen (secondary N) is 1. The SMILES string of the molecule is CC.CCCCCCCCC(=O)NCc1ccc(OC)c(OC)c1. The predicted molar refractivity (Wildman–Crippen MR) is 101 cm³/mol. The third-order valence-corrected chi connectivity index (χ3v) is 3.70. The molecule has 138 valence electrons. The van der Waals surface area contributed by atoms with Crippen molar-refractivity contribution in [2.24, 2.45) is 0 Å². The fourth-order valence-electron chi connectivity index (χ4n) is 2.35. The Morgan fingerprint density at radius 2 is 1.58 bits per heavy atom. The standard InChI is InChI=1S/C18H29NO3.C2H6/c1-4-5-6-7-8-9-10-18(20)19-14-15-11-12-16(21-2)17(13-15)22-3;1-2/h11-13H,4-10,14H2,1-3H3,(H,19,20);1-2H3. The Morgan fingerprint density at radius 1 is 0.958 bits per heavy atom. The Balaban J connectivity index is 0.00000254. The highest BCUT2D eigenvalue weighted by molar-refractivity contribution is 5.75. The Hall–Kier alpha value is -1.71. The average Bonchev–Trinajstić information content (AvgIpc) is 2.64. The van der Waals surface area contributed by atoms with Gasteiger partial charge in [0.2, 0.25) is 5.91 Å². The molecule has 0 heterocycles. The molecule has 0 saturated carbocycles. The van der Waals surface area contributed by atoms with Crippen LogP contribution in [0.2, 0.25) is 0 Å². The zero-order valence-corrected chi connectivity index (χ0v) is 16.1. The molecule has 4 heteroatoms. The number of hydrogen-bond donors (Lipinski definition) is 1. The van der Waals surface area contributed by atoms with Crippen LogP contribution in [0, 0.1) is 0 Å². The maximum Gasteiger partial charge on any atom is 0.220 e. The highest BCUT2D eigenvalue weighted by Gasteiger charge is 2.06. The summed E-state index contributed by atoms with van der Waals surface area (Å²) in [5.74, 6) is 1.50. The van der Waals surface area contributed by atoms with E-state index in [0.717, 1.165) is 18.4 Å². The van der Waals surface area contributed by atoms with E-state index < -0.39 is 0 Å². The summed E-state index contributed by atoms with van der Waals surface area (Å²) in [5, 5.41) is 2.95. The molecule has 0 aromatic heterocycles. The molecule has 0 unspecified atom stereocenters. The van der Waals surface area contributed by atoms with Gasteiger partial charge in [-0.05, 0) is 24.1 Å². The van der Waals surface area contributed by atoms with Gasteiger partial charge in [-0.25, -0.2) is 0 Å². The fourth-order valence-corrected chi connectivity index (χ4v) is 2.35. The molecule has 1 aromatic carbocycles. The van der Waals surface area contributed by atoms with Crippen molar-refractivity contribution in [1.29, 1.82) is 0 Å². The highest BCUT2D eigenvalue weighted by Crippen LogP contribution is 2.27. The first-order valence-electron chi connectivity index (χ1n) is 9.18. The molecular formula is C20H35NO3. The van der Waals surface area contributed by atoms with E-state index in [1.807, 2.05) is 32.0 Å². The first kappa shape index (κ1) is 22.3. The maximum absolute atomic E-state index is 11.8. The molecule has 4 nitrogen and oxygen atoms in total. The van der Waals surface area contributed by atoms with Crippen LogP contribution < -0.4 is 14.8 Å². The Bertz CT molecular complexity index is 447. The van der Waals surface area contributed by atoms with Crippen LogP contribution in [0.15, 0.2) is 18.2 Å². The van der Waals surface area contributed by atoms with Crippen LogP contribution in [0.3, 0.4) is 0 Å². The van der Waals surface area contributed by atoms with Gasteiger partial charge < -0.3 is 14.8 Å². The number of rotatable bonds is 11. The van der Waals surface area contributed by atoms with Crippen molar-refractivity contribution < 1.29 is 14.3 Å². The Morgan fingerprint density at radius 3 is 2.21 bits per heavy atom. The molecule has 0 bridgehead atoms. The number of carbonyl (C=O) groups is 1. The van der Waals surface area contributed by atoms with E-state index in [-0.39, 0.29) is 5.91 Å². The average molecular weight is 338 g/mol. The van der Waals surface area contributed by atoms with E-state index in [1.54, 1.807) is 14.2 Å². The van der Waals surface area contributed by atoms with E-state index in [0.29, 0.717) is 24.5 Å². The van der Waals surface area contributed by atoms with Gasteiger partial charge in [0.15, 0.2) is 11.5 Å². The van der Waals surface area contributed by atoms with Gasteiger partial charge in [-0.15, -0.1) is 0 Å². The van der Waals surface area contributed by atoms with Crippen LogP contribution in [0.1, 0.15) is 71.3 Å². The van der Waals surface area contributed by atoms with Crippen LogP contribution >= 0.6 is 0 Å². The molecule has 0 radical (unpaired) electrons. The van der Waals surface area contributed by atoms with E-state index >= 15 is 0 Å². The number of hydrogen-bond acceptors (Lipinski definition) is 3. The number of amides is 1. The second-order valence-electron chi connectivity index (χ2n) is 5.48. The lowest BCUT2D eigenvalue weighted by molar-refractivity contribution is -0.121. The van der Waals surface area contributed by atoms with Crippen molar-refractivity contribution in [3.8, 4) is 11.5 Å². The largest absolute Gasteiger partial charge is 0.493 e. The second-order valence-corrected chi connectivity index (χ2v) is 5.48. The van der Waals surface area contributed by atoms with Gasteiger partial charge in [0, 0.05) is 13.0 Å². The van der Waals surface area contributed by atoms with Gasteiger partial charge in [-0.2, -0.15) is 0 Å². The topological polar surface area (TPSA) is 47.6 Å². The molecule has 0 saturated heterocycles. The molecule has 1 rings (SSSR count). The van der Waals surface area contributed by atoms with E-state index in [9.17, 15) is 4.79 Å². The number of ether oxygens (including phenoxy) is 2. The lowest BCUT2D eigenvalue weighted by Gasteiger charge is -2.10.